The average Bonchev–Trinajstić information content (AvgIpc) is 2.77. The van der Waals surface area contributed by atoms with Crippen LogP contribution in [0.1, 0.15) is 16.5 Å². The highest BCUT2D eigenvalue weighted by molar-refractivity contribution is 7.10. The number of benzene rings is 1. The van der Waals surface area contributed by atoms with Crippen molar-refractivity contribution < 1.29 is 4.39 Å². The predicted octanol–water partition coefficient (Wildman–Crippen LogP) is 3.94. The number of halogens is 3. The normalized spacial score (nSPS) is 12.7. The molecule has 0 spiro atoms. The van der Waals surface area contributed by atoms with Gasteiger partial charge in [-0.1, -0.05) is 29.3 Å². The Balaban J connectivity index is 2.20. The summed E-state index contributed by atoms with van der Waals surface area (Å²) in [5, 5.41) is 2.69. The van der Waals surface area contributed by atoms with Crippen molar-refractivity contribution in [1.82, 2.24) is 5.43 Å². The lowest BCUT2D eigenvalue weighted by atomic mass is 10.1. The van der Waals surface area contributed by atoms with Crippen molar-refractivity contribution in [1.29, 1.82) is 0 Å². The minimum Gasteiger partial charge on any atom is -0.271 e. The zero-order valence-electron chi connectivity index (χ0n) is 9.29. The summed E-state index contributed by atoms with van der Waals surface area (Å²) in [7, 11) is 0. The number of hydrogen-bond donors (Lipinski definition) is 2. The summed E-state index contributed by atoms with van der Waals surface area (Å²) in [5.41, 5.74) is 3.61. The summed E-state index contributed by atoms with van der Waals surface area (Å²) in [6.07, 6.45) is 0.594. The Labute approximate surface area is 118 Å². The van der Waals surface area contributed by atoms with Crippen molar-refractivity contribution in [2.75, 3.05) is 0 Å². The van der Waals surface area contributed by atoms with E-state index in [-0.39, 0.29) is 11.1 Å². The molecule has 2 nitrogen and oxygen atoms in total. The van der Waals surface area contributed by atoms with Crippen LogP contribution in [0.3, 0.4) is 0 Å². The minimum absolute atomic E-state index is 0.112. The second-order valence-electron chi connectivity index (χ2n) is 3.80. The number of rotatable bonds is 4. The van der Waals surface area contributed by atoms with Gasteiger partial charge in [-0.2, -0.15) is 0 Å². The van der Waals surface area contributed by atoms with Gasteiger partial charge in [-0.25, -0.2) is 4.39 Å². The van der Waals surface area contributed by atoms with Gasteiger partial charge in [0, 0.05) is 4.88 Å². The van der Waals surface area contributed by atoms with Gasteiger partial charge >= 0.3 is 0 Å². The van der Waals surface area contributed by atoms with Crippen LogP contribution in [0.2, 0.25) is 10.0 Å². The molecule has 0 saturated carbocycles. The highest BCUT2D eigenvalue weighted by Crippen LogP contribution is 2.30. The second kappa shape index (κ2) is 5.99. The van der Waals surface area contributed by atoms with Crippen molar-refractivity contribution in [3.05, 3.63) is 55.9 Å². The standard InChI is InChI=1S/C12H11Cl2FN2S/c13-8-3-4-18-12(8)11(17-16)6-7-1-2-10(15)9(14)5-7/h1-5,11,17H,6,16H2. The summed E-state index contributed by atoms with van der Waals surface area (Å²) >= 11 is 13.3. The molecule has 0 fully saturated rings. The zero-order chi connectivity index (χ0) is 13.1. The lowest BCUT2D eigenvalue weighted by Crippen LogP contribution is -2.29. The van der Waals surface area contributed by atoms with Gasteiger partial charge in [0.1, 0.15) is 5.82 Å². The van der Waals surface area contributed by atoms with E-state index in [1.54, 1.807) is 12.1 Å². The van der Waals surface area contributed by atoms with Crippen molar-refractivity contribution >= 4 is 34.5 Å². The van der Waals surface area contributed by atoms with E-state index in [2.05, 4.69) is 5.43 Å². The Morgan fingerprint density at radius 1 is 1.28 bits per heavy atom. The maximum absolute atomic E-state index is 13.1. The van der Waals surface area contributed by atoms with E-state index in [1.807, 2.05) is 11.4 Å². The molecule has 96 valence electrons. The van der Waals surface area contributed by atoms with Crippen molar-refractivity contribution in [2.24, 2.45) is 5.84 Å². The molecule has 2 rings (SSSR count). The van der Waals surface area contributed by atoms with E-state index in [9.17, 15) is 4.39 Å². The maximum atomic E-state index is 13.1. The van der Waals surface area contributed by atoms with Crippen LogP contribution in [0, 0.1) is 5.82 Å². The summed E-state index contributed by atoms with van der Waals surface area (Å²) < 4.78 is 13.1. The monoisotopic (exact) mass is 304 g/mol. The molecule has 1 aromatic carbocycles. The van der Waals surface area contributed by atoms with E-state index in [0.29, 0.717) is 11.4 Å². The van der Waals surface area contributed by atoms with Gasteiger partial charge in [-0.05, 0) is 35.6 Å². The van der Waals surface area contributed by atoms with Crippen LogP contribution in [-0.4, -0.2) is 0 Å². The van der Waals surface area contributed by atoms with Crippen molar-refractivity contribution in [2.45, 2.75) is 12.5 Å². The Bertz CT molecular complexity index is 545. The van der Waals surface area contributed by atoms with Gasteiger partial charge in [-0.15, -0.1) is 11.3 Å². The summed E-state index contributed by atoms with van der Waals surface area (Å²) in [6, 6.07) is 6.35. The molecule has 0 radical (unpaired) electrons. The van der Waals surface area contributed by atoms with Gasteiger partial charge < -0.3 is 0 Å². The summed E-state index contributed by atoms with van der Waals surface area (Å²) in [6.45, 7) is 0. The Kier molecular flexibility index (Phi) is 4.59. The smallest absolute Gasteiger partial charge is 0.141 e. The first-order chi connectivity index (χ1) is 8.61. The highest BCUT2D eigenvalue weighted by atomic mass is 35.5. The fourth-order valence-electron chi connectivity index (χ4n) is 1.68. The molecule has 0 aliphatic heterocycles. The Morgan fingerprint density at radius 2 is 2.06 bits per heavy atom. The third-order valence-electron chi connectivity index (χ3n) is 2.59. The molecule has 2 aromatic rings. The van der Waals surface area contributed by atoms with E-state index in [0.717, 1.165) is 10.4 Å². The summed E-state index contributed by atoms with van der Waals surface area (Å²) in [5.74, 6) is 5.12. The van der Waals surface area contributed by atoms with Crippen LogP contribution in [0.15, 0.2) is 29.6 Å². The van der Waals surface area contributed by atoms with Gasteiger partial charge in [-0.3, -0.25) is 11.3 Å². The number of nitrogens with two attached hydrogens (primary N) is 1. The molecule has 6 heteroatoms. The van der Waals surface area contributed by atoms with E-state index in [1.165, 1.54) is 17.4 Å². The van der Waals surface area contributed by atoms with Gasteiger partial charge in [0.05, 0.1) is 16.1 Å². The first kappa shape index (κ1) is 13.8. The molecular weight excluding hydrogens is 294 g/mol. The zero-order valence-corrected chi connectivity index (χ0v) is 11.6. The number of nitrogens with one attached hydrogen (secondary N) is 1. The average molecular weight is 305 g/mol. The molecule has 0 saturated heterocycles. The fourth-order valence-corrected chi connectivity index (χ4v) is 3.14. The first-order valence-corrected chi connectivity index (χ1v) is 6.88. The Hall–Kier alpha value is -0.650. The molecule has 0 aliphatic rings. The lowest BCUT2D eigenvalue weighted by Gasteiger charge is -2.15. The third kappa shape index (κ3) is 3.02. The van der Waals surface area contributed by atoms with Crippen LogP contribution in [0.4, 0.5) is 4.39 Å². The van der Waals surface area contributed by atoms with Gasteiger partial charge in [0.25, 0.3) is 0 Å². The lowest BCUT2D eigenvalue weighted by molar-refractivity contribution is 0.559. The van der Waals surface area contributed by atoms with Crippen molar-refractivity contribution in [3.63, 3.8) is 0 Å². The predicted molar refractivity (Wildman–Crippen MR) is 74.5 cm³/mol. The quantitative estimate of drug-likeness (QED) is 0.663. The van der Waals surface area contributed by atoms with Gasteiger partial charge in [0.15, 0.2) is 0 Å². The highest BCUT2D eigenvalue weighted by Gasteiger charge is 2.16. The third-order valence-corrected chi connectivity index (χ3v) is 4.35. The fraction of sp³-hybridized carbons (Fsp3) is 0.167. The molecule has 1 aromatic heterocycles. The number of hydrazine groups is 1. The minimum atomic E-state index is -0.424. The molecule has 0 bridgehead atoms. The molecule has 1 unspecified atom stereocenters. The second-order valence-corrected chi connectivity index (χ2v) is 5.57. The van der Waals surface area contributed by atoms with E-state index < -0.39 is 5.82 Å². The van der Waals surface area contributed by atoms with E-state index >= 15 is 0 Å². The number of hydrogen-bond acceptors (Lipinski definition) is 3. The van der Waals surface area contributed by atoms with Crippen LogP contribution < -0.4 is 11.3 Å². The van der Waals surface area contributed by atoms with Crippen LogP contribution >= 0.6 is 34.5 Å². The molecule has 1 heterocycles. The van der Waals surface area contributed by atoms with E-state index in [4.69, 9.17) is 29.0 Å². The first-order valence-electron chi connectivity index (χ1n) is 5.24. The molecule has 18 heavy (non-hydrogen) atoms. The maximum Gasteiger partial charge on any atom is 0.141 e. The van der Waals surface area contributed by atoms with Gasteiger partial charge in [0.2, 0.25) is 0 Å². The molecule has 0 aliphatic carbocycles. The van der Waals surface area contributed by atoms with Crippen LogP contribution in [0.25, 0.3) is 0 Å². The largest absolute Gasteiger partial charge is 0.271 e. The number of thiophene rings is 1. The van der Waals surface area contributed by atoms with Crippen LogP contribution in [-0.2, 0) is 6.42 Å². The topological polar surface area (TPSA) is 38.0 Å². The molecular formula is C12H11Cl2FN2S. The Morgan fingerprint density at radius 3 is 2.61 bits per heavy atom. The molecule has 1 atom stereocenters. The van der Waals surface area contributed by atoms with Crippen molar-refractivity contribution in [3.8, 4) is 0 Å². The summed E-state index contributed by atoms with van der Waals surface area (Å²) in [4.78, 5) is 0.958. The molecule has 0 amide bonds. The SMILES string of the molecule is NNC(Cc1ccc(F)c(Cl)c1)c1sccc1Cl. The molecule has 3 N–H and O–H groups in total. The van der Waals surface area contributed by atoms with Crippen LogP contribution in [0.5, 0.6) is 0 Å².